The smallest absolute Gasteiger partial charge is 0.361 e. The first kappa shape index (κ1) is 18.7. The van der Waals surface area contributed by atoms with Gasteiger partial charge < -0.3 is 18.9 Å². The van der Waals surface area contributed by atoms with Crippen molar-refractivity contribution in [2.45, 2.75) is 26.7 Å². The van der Waals surface area contributed by atoms with Gasteiger partial charge in [-0.15, -0.1) is 0 Å². The van der Waals surface area contributed by atoms with Crippen LogP contribution >= 0.6 is 0 Å². The Bertz CT molecular complexity index is 869. The molecule has 0 bridgehead atoms. The van der Waals surface area contributed by atoms with E-state index >= 15 is 0 Å². The van der Waals surface area contributed by atoms with E-state index in [4.69, 9.17) is 18.9 Å². The van der Waals surface area contributed by atoms with E-state index in [0.717, 1.165) is 5.56 Å². The van der Waals surface area contributed by atoms with Gasteiger partial charge in [-0.3, -0.25) is 4.79 Å². The van der Waals surface area contributed by atoms with Gasteiger partial charge in [-0.1, -0.05) is 18.7 Å². The summed E-state index contributed by atoms with van der Waals surface area (Å²) in [5.41, 5.74) is 1.53. The Balaban J connectivity index is 1.69. The van der Waals surface area contributed by atoms with E-state index in [9.17, 15) is 9.59 Å². The summed E-state index contributed by atoms with van der Waals surface area (Å²) < 4.78 is 21.6. The Morgan fingerprint density at radius 1 is 1.11 bits per heavy atom. The second-order valence-electron chi connectivity index (χ2n) is 6.02. The predicted octanol–water partition coefficient (Wildman–Crippen LogP) is 3.68. The fraction of sp³-hybridized carbons (Fsp3) is 0.238. The molecule has 27 heavy (non-hydrogen) atoms. The maximum Gasteiger partial charge on any atom is 0.361 e. The van der Waals surface area contributed by atoms with Crippen LogP contribution in [0.25, 0.3) is 0 Å². The lowest BCUT2D eigenvalue weighted by atomic mass is 10.0. The standard InChI is InChI=1S/C21H20O6/c1-4-24-21-26-18-7-5-6-15(19(18)27-21)12-17(22)14-8-10-16(11-9-14)25-20(23)13(2)3/h5-11,21H,2,4,12H2,1,3H3. The summed E-state index contributed by atoms with van der Waals surface area (Å²) in [6.07, 6.45) is 0.149. The van der Waals surface area contributed by atoms with Crippen LogP contribution in [0.4, 0.5) is 0 Å². The lowest BCUT2D eigenvalue weighted by Crippen LogP contribution is -2.21. The molecule has 3 rings (SSSR count). The number of carbonyl (C=O) groups excluding carboxylic acids is 2. The molecule has 6 heteroatoms. The fourth-order valence-corrected chi connectivity index (χ4v) is 2.53. The highest BCUT2D eigenvalue weighted by Crippen LogP contribution is 2.38. The van der Waals surface area contributed by atoms with Gasteiger partial charge >= 0.3 is 12.4 Å². The van der Waals surface area contributed by atoms with Crippen LogP contribution in [-0.4, -0.2) is 24.8 Å². The van der Waals surface area contributed by atoms with Crippen LogP contribution in [0.15, 0.2) is 54.6 Å². The zero-order valence-electron chi connectivity index (χ0n) is 15.2. The maximum atomic E-state index is 12.6. The first-order chi connectivity index (χ1) is 13.0. The number of ether oxygens (including phenoxy) is 4. The summed E-state index contributed by atoms with van der Waals surface area (Å²) in [4.78, 5) is 24.1. The van der Waals surface area contributed by atoms with Gasteiger partial charge in [-0.05, 0) is 44.2 Å². The number of hydrogen-bond donors (Lipinski definition) is 0. The average molecular weight is 368 g/mol. The van der Waals surface area contributed by atoms with Crippen LogP contribution in [0.2, 0.25) is 0 Å². The number of Topliss-reactive ketones (excluding diaryl/α,β-unsaturated/α-hetero) is 1. The number of carbonyl (C=O) groups is 2. The van der Waals surface area contributed by atoms with Gasteiger partial charge in [0.2, 0.25) is 0 Å². The SMILES string of the molecule is C=C(C)C(=O)Oc1ccc(C(=O)Cc2cccc3c2OC(OCC)O3)cc1. The van der Waals surface area contributed by atoms with Crippen molar-refractivity contribution in [2.24, 2.45) is 0 Å². The third-order valence-electron chi connectivity index (χ3n) is 3.89. The third-order valence-corrected chi connectivity index (χ3v) is 3.89. The van der Waals surface area contributed by atoms with Gasteiger partial charge in [-0.25, -0.2) is 4.79 Å². The van der Waals surface area contributed by atoms with Crippen LogP contribution in [0, 0.1) is 0 Å². The molecule has 0 fully saturated rings. The number of hydrogen-bond acceptors (Lipinski definition) is 6. The van der Waals surface area contributed by atoms with Crippen molar-refractivity contribution in [1.29, 1.82) is 0 Å². The molecule has 0 saturated carbocycles. The largest absolute Gasteiger partial charge is 0.428 e. The summed E-state index contributed by atoms with van der Waals surface area (Å²) in [5.74, 6) is 0.841. The van der Waals surface area contributed by atoms with E-state index in [1.54, 1.807) is 43.3 Å². The minimum Gasteiger partial charge on any atom is -0.428 e. The van der Waals surface area contributed by atoms with Gasteiger partial charge in [0.05, 0.1) is 6.61 Å². The maximum absolute atomic E-state index is 12.6. The molecular formula is C21H20O6. The molecule has 0 aliphatic carbocycles. The van der Waals surface area contributed by atoms with E-state index in [2.05, 4.69) is 6.58 Å². The number of fused-ring (bicyclic) bond motifs is 1. The second kappa shape index (κ2) is 8.05. The van der Waals surface area contributed by atoms with E-state index in [1.807, 2.05) is 13.0 Å². The summed E-state index contributed by atoms with van der Waals surface area (Å²) in [7, 11) is 0. The summed E-state index contributed by atoms with van der Waals surface area (Å²) in [5, 5.41) is 0. The monoisotopic (exact) mass is 368 g/mol. The van der Waals surface area contributed by atoms with Gasteiger partial charge in [-0.2, -0.15) is 0 Å². The molecule has 1 aliphatic heterocycles. The molecule has 0 spiro atoms. The summed E-state index contributed by atoms with van der Waals surface area (Å²) in [6, 6.07) is 11.8. The highest BCUT2D eigenvalue weighted by molar-refractivity contribution is 5.98. The molecule has 1 aliphatic rings. The predicted molar refractivity (Wildman–Crippen MR) is 98.0 cm³/mol. The quantitative estimate of drug-likeness (QED) is 0.321. The molecule has 0 radical (unpaired) electrons. The number of esters is 1. The molecule has 0 amide bonds. The minimum absolute atomic E-state index is 0.0929. The third kappa shape index (κ3) is 4.35. The molecule has 6 nitrogen and oxygen atoms in total. The minimum atomic E-state index is -0.788. The Labute approximate surface area is 157 Å². The normalized spacial score (nSPS) is 14.7. The van der Waals surface area contributed by atoms with Crippen molar-refractivity contribution in [2.75, 3.05) is 6.61 Å². The molecule has 2 aromatic rings. The fourth-order valence-electron chi connectivity index (χ4n) is 2.53. The molecule has 0 saturated heterocycles. The van der Waals surface area contributed by atoms with Gasteiger partial charge in [0.15, 0.2) is 17.3 Å². The zero-order chi connectivity index (χ0) is 19.4. The van der Waals surface area contributed by atoms with Gasteiger partial charge in [0, 0.05) is 23.1 Å². The van der Waals surface area contributed by atoms with Gasteiger partial charge in [0.25, 0.3) is 0 Å². The van der Waals surface area contributed by atoms with Crippen molar-refractivity contribution in [3.8, 4) is 17.2 Å². The van der Waals surface area contributed by atoms with E-state index in [1.165, 1.54) is 0 Å². The molecule has 140 valence electrons. The number of benzene rings is 2. The topological polar surface area (TPSA) is 71.1 Å². The first-order valence-corrected chi connectivity index (χ1v) is 8.55. The van der Waals surface area contributed by atoms with Gasteiger partial charge in [0.1, 0.15) is 5.75 Å². The van der Waals surface area contributed by atoms with Crippen molar-refractivity contribution in [1.82, 2.24) is 0 Å². The highest BCUT2D eigenvalue weighted by atomic mass is 16.9. The molecule has 1 unspecified atom stereocenters. The van der Waals surface area contributed by atoms with Crippen LogP contribution in [0.1, 0.15) is 29.8 Å². The van der Waals surface area contributed by atoms with Crippen LogP contribution in [0.5, 0.6) is 17.2 Å². The number of ketones is 1. The van der Waals surface area contributed by atoms with Crippen LogP contribution in [0.3, 0.4) is 0 Å². The molecule has 1 atom stereocenters. The van der Waals surface area contributed by atoms with Crippen molar-refractivity contribution >= 4 is 11.8 Å². The van der Waals surface area contributed by atoms with Crippen LogP contribution < -0.4 is 14.2 Å². The van der Waals surface area contributed by atoms with E-state index in [0.29, 0.717) is 35.0 Å². The highest BCUT2D eigenvalue weighted by Gasteiger charge is 2.27. The second-order valence-corrected chi connectivity index (χ2v) is 6.02. The molecule has 0 aromatic heterocycles. The Hall–Kier alpha value is -3.12. The summed E-state index contributed by atoms with van der Waals surface area (Å²) >= 11 is 0. The Morgan fingerprint density at radius 2 is 1.85 bits per heavy atom. The Kier molecular flexibility index (Phi) is 5.57. The zero-order valence-corrected chi connectivity index (χ0v) is 15.2. The van der Waals surface area contributed by atoms with Crippen LogP contribution in [-0.2, 0) is 16.0 Å². The average Bonchev–Trinajstić information content (AvgIpc) is 3.06. The van der Waals surface area contributed by atoms with Crippen molar-refractivity contribution in [3.63, 3.8) is 0 Å². The summed E-state index contributed by atoms with van der Waals surface area (Å²) in [6.45, 7) is 6.61. The van der Waals surface area contributed by atoms with Crippen molar-refractivity contribution in [3.05, 3.63) is 65.7 Å². The first-order valence-electron chi connectivity index (χ1n) is 8.55. The molecular weight excluding hydrogens is 348 g/mol. The molecule has 0 N–H and O–H groups in total. The number of rotatable bonds is 7. The van der Waals surface area contributed by atoms with E-state index < -0.39 is 12.4 Å². The van der Waals surface area contributed by atoms with E-state index in [-0.39, 0.29) is 12.2 Å². The number of para-hydroxylation sites is 1. The lowest BCUT2D eigenvalue weighted by Gasteiger charge is -2.09. The molecule has 1 heterocycles. The lowest BCUT2D eigenvalue weighted by molar-refractivity contribution is -0.173. The Morgan fingerprint density at radius 3 is 2.52 bits per heavy atom. The van der Waals surface area contributed by atoms with Crippen molar-refractivity contribution < 1.29 is 28.5 Å². The molecule has 2 aromatic carbocycles.